The number of hydrogen-bond acceptors (Lipinski definition) is 7. The maximum Gasteiger partial charge on any atom is 0.536 e. The van der Waals surface area contributed by atoms with Crippen LogP contribution in [0.3, 0.4) is 0 Å². The summed E-state index contributed by atoms with van der Waals surface area (Å²) in [5.41, 5.74) is 1.02. The highest BCUT2D eigenvalue weighted by atomic mass is 28.4. The summed E-state index contributed by atoms with van der Waals surface area (Å²) in [6, 6.07) is 8.66. The highest BCUT2D eigenvalue weighted by molar-refractivity contribution is 6.75. The monoisotopic (exact) mass is 375 g/mol. The van der Waals surface area contributed by atoms with Crippen molar-refractivity contribution in [2.75, 3.05) is 54.5 Å². The molecule has 1 rings (SSSR count). The fourth-order valence-corrected chi connectivity index (χ4v) is 5.99. The number of hydrogen-bond donors (Lipinski definition) is 1. The van der Waals surface area contributed by atoms with Gasteiger partial charge >= 0.3 is 17.6 Å². The second-order valence-corrected chi connectivity index (χ2v) is 11.1. The lowest BCUT2D eigenvalue weighted by atomic mass is 10.3. The van der Waals surface area contributed by atoms with Crippen LogP contribution in [0.2, 0.25) is 6.04 Å². The maximum absolute atomic E-state index is 5.47. The second kappa shape index (κ2) is 10.3. The first-order valence-corrected chi connectivity index (χ1v) is 11.4. The van der Waals surface area contributed by atoms with Crippen molar-refractivity contribution in [1.82, 2.24) is 0 Å². The Balaban J connectivity index is 2.56. The van der Waals surface area contributed by atoms with Crippen molar-refractivity contribution in [3.05, 3.63) is 24.3 Å². The van der Waals surface area contributed by atoms with Crippen molar-refractivity contribution in [3.8, 4) is 0 Å². The van der Waals surface area contributed by atoms with E-state index in [2.05, 4.69) is 5.32 Å². The van der Waals surface area contributed by atoms with Gasteiger partial charge in [-0.2, -0.15) is 0 Å². The molecule has 0 amide bonds. The summed E-state index contributed by atoms with van der Waals surface area (Å²) < 4.78 is 32.6. The summed E-state index contributed by atoms with van der Waals surface area (Å²) in [4.78, 5) is 0. The van der Waals surface area contributed by atoms with Crippen LogP contribution >= 0.6 is 0 Å². The van der Waals surface area contributed by atoms with E-state index in [1.807, 2.05) is 24.3 Å². The van der Waals surface area contributed by atoms with Gasteiger partial charge < -0.3 is 31.9 Å². The van der Waals surface area contributed by atoms with E-state index in [4.69, 9.17) is 26.6 Å². The Morgan fingerprint density at radius 2 is 1.25 bits per heavy atom. The lowest BCUT2D eigenvalue weighted by Crippen LogP contribution is -2.54. The van der Waals surface area contributed by atoms with Gasteiger partial charge in [-0.1, -0.05) is 12.1 Å². The first kappa shape index (κ1) is 21.3. The van der Waals surface area contributed by atoms with Crippen molar-refractivity contribution in [2.24, 2.45) is 0 Å². The van der Waals surface area contributed by atoms with Crippen molar-refractivity contribution in [2.45, 2.75) is 12.5 Å². The van der Waals surface area contributed by atoms with Gasteiger partial charge in [0.1, 0.15) is 0 Å². The van der Waals surface area contributed by atoms with Crippen LogP contribution in [0.25, 0.3) is 0 Å². The predicted molar refractivity (Wildman–Crippen MR) is 97.6 cm³/mol. The largest absolute Gasteiger partial charge is 0.536 e. The fraction of sp³-hybridized carbons (Fsp3) is 0.600. The van der Waals surface area contributed by atoms with E-state index >= 15 is 0 Å². The molecule has 1 aromatic rings. The summed E-state index contributed by atoms with van der Waals surface area (Å²) in [6.45, 7) is 0.797. The molecule has 0 aliphatic heterocycles. The first-order valence-electron chi connectivity index (χ1n) is 7.70. The quantitative estimate of drug-likeness (QED) is 0.438. The number of benzene rings is 1. The minimum atomic E-state index is -2.77. The Morgan fingerprint density at radius 3 is 1.67 bits per heavy atom. The molecule has 0 atom stereocenters. The molecule has 0 saturated heterocycles. The van der Waals surface area contributed by atoms with Gasteiger partial charge in [-0.05, 0) is 18.6 Å². The molecule has 0 bridgehead atoms. The predicted octanol–water partition coefficient (Wildman–Crippen LogP) is 1.45. The highest BCUT2D eigenvalue weighted by Gasteiger charge is 2.40. The summed E-state index contributed by atoms with van der Waals surface area (Å²) in [5.74, 6) is 0. The zero-order valence-corrected chi connectivity index (χ0v) is 17.4. The maximum atomic E-state index is 5.47. The zero-order valence-electron chi connectivity index (χ0n) is 15.4. The molecule has 0 aliphatic carbocycles. The van der Waals surface area contributed by atoms with Gasteiger partial charge in [-0.3, -0.25) is 0 Å². The summed E-state index contributed by atoms with van der Waals surface area (Å²) in [6.07, 6.45) is 0.885. The van der Waals surface area contributed by atoms with Gasteiger partial charge in [0.2, 0.25) is 0 Å². The molecular formula is C15H29NO6Si2. The molecule has 7 nitrogen and oxygen atoms in total. The van der Waals surface area contributed by atoms with Crippen LogP contribution in [0, 0.1) is 0 Å². The topological polar surface area (TPSA) is 67.4 Å². The molecule has 1 N–H and O–H groups in total. The lowest BCUT2D eigenvalue weighted by molar-refractivity contribution is 0.123. The average Bonchev–Trinajstić information content (AvgIpc) is 2.65. The van der Waals surface area contributed by atoms with E-state index < -0.39 is 17.6 Å². The standard InChI is InChI=1S/C15H29NO6Si2/c1-17-23(18-2,19-3)13-7-12-16-14-8-10-15(11-9-14)24(20-4,21-5)22-6/h8-11,16H,7,12-13H2,1-6H3. The van der Waals surface area contributed by atoms with Crippen LogP contribution in [0.5, 0.6) is 0 Å². The van der Waals surface area contributed by atoms with Crippen LogP contribution in [0.4, 0.5) is 5.69 Å². The van der Waals surface area contributed by atoms with Crippen molar-refractivity contribution >= 4 is 28.5 Å². The van der Waals surface area contributed by atoms with Crippen LogP contribution in [-0.2, 0) is 26.6 Å². The second-order valence-electron chi connectivity index (χ2n) is 5.07. The van der Waals surface area contributed by atoms with Crippen molar-refractivity contribution < 1.29 is 26.6 Å². The van der Waals surface area contributed by atoms with E-state index in [0.29, 0.717) is 0 Å². The molecule has 24 heavy (non-hydrogen) atoms. The molecule has 0 fully saturated rings. The third kappa shape index (κ3) is 5.10. The number of nitrogens with one attached hydrogen (secondary N) is 1. The number of rotatable bonds is 12. The Kier molecular flexibility index (Phi) is 9.09. The molecule has 1 aromatic carbocycles. The van der Waals surface area contributed by atoms with Gasteiger partial charge in [-0.25, -0.2) is 0 Å². The van der Waals surface area contributed by atoms with Gasteiger partial charge in [-0.15, -0.1) is 0 Å². The summed E-state index contributed by atoms with van der Waals surface area (Å²) in [7, 11) is 4.43. The van der Waals surface area contributed by atoms with Gasteiger partial charge in [0.25, 0.3) is 0 Å². The molecule has 0 spiro atoms. The molecule has 0 aliphatic rings. The van der Waals surface area contributed by atoms with E-state index in [0.717, 1.165) is 29.9 Å². The fourth-order valence-electron chi connectivity index (χ4n) is 2.49. The Labute approximate surface area is 146 Å². The third-order valence-corrected chi connectivity index (χ3v) is 9.45. The minimum Gasteiger partial charge on any atom is -0.385 e. The zero-order chi connectivity index (χ0) is 18.1. The van der Waals surface area contributed by atoms with Crippen molar-refractivity contribution in [1.29, 1.82) is 0 Å². The molecular weight excluding hydrogens is 346 g/mol. The molecule has 0 aromatic heterocycles. The van der Waals surface area contributed by atoms with E-state index in [1.165, 1.54) is 0 Å². The number of anilines is 1. The Bertz CT molecular complexity index is 449. The van der Waals surface area contributed by atoms with Crippen LogP contribution < -0.4 is 10.5 Å². The third-order valence-electron chi connectivity index (χ3n) is 3.97. The molecule has 0 unspecified atom stereocenters. The molecule has 138 valence electrons. The van der Waals surface area contributed by atoms with E-state index in [9.17, 15) is 0 Å². The Morgan fingerprint density at radius 1 is 0.750 bits per heavy atom. The minimum absolute atomic E-state index is 0.759. The van der Waals surface area contributed by atoms with Crippen LogP contribution in [0.15, 0.2) is 24.3 Å². The highest BCUT2D eigenvalue weighted by Crippen LogP contribution is 2.16. The first-order chi connectivity index (χ1) is 11.5. The SMILES string of the molecule is CO[Si](CCCNc1ccc([Si](OC)(OC)OC)cc1)(OC)OC. The lowest BCUT2D eigenvalue weighted by Gasteiger charge is -2.25. The van der Waals surface area contributed by atoms with Crippen LogP contribution in [-0.4, -0.2) is 66.8 Å². The van der Waals surface area contributed by atoms with Crippen molar-refractivity contribution in [3.63, 3.8) is 0 Å². The van der Waals surface area contributed by atoms with Gasteiger partial charge in [0.15, 0.2) is 0 Å². The molecule has 0 radical (unpaired) electrons. The molecule has 0 heterocycles. The smallest absolute Gasteiger partial charge is 0.385 e. The summed E-state index contributed by atoms with van der Waals surface area (Å²) in [5, 5.41) is 4.29. The average molecular weight is 376 g/mol. The summed E-state index contributed by atoms with van der Waals surface area (Å²) >= 11 is 0. The molecule has 9 heteroatoms. The Hall–Kier alpha value is -0.786. The van der Waals surface area contributed by atoms with Crippen LogP contribution in [0.1, 0.15) is 6.42 Å². The van der Waals surface area contributed by atoms with Gasteiger partial charge in [0.05, 0.1) is 0 Å². The van der Waals surface area contributed by atoms with Gasteiger partial charge in [0, 0.05) is 66.1 Å². The van der Waals surface area contributed by atoms with E-state index in [1.54, 1.807) is 42.7 Å². The van der Waals surface area contributed by atoms with E-state index in [-0.39, 0.29) is 0 Å². The normalized spacial score (nSPS) is 12.4. The molecule has 0 saturated carbocycles.